The standard InChI is InChI=1S/C28H42N2O2/c1-4-6-8-9-10-11-12-13-15-28(31-3)32-27-22-20-26(21-23-27)30-29-25-18-16-24(17-19-25)14-7-5-2/h16-23,28H,4-15H2,1-3H3. The van der Waals surface area contributed by atoms with Crippen LogP contribution in [0.1, 0.15) is 90.0 Å². The van der Waals surface area contributed by atoms with Crippen molar-refractivity contribution in [2.75, 3.05) is 7.11 Å². The van der Waals surface area contributed by atoms with Crippen molar-refractivity contribution < 1.29 is 9.47 Å². The summed E-state index contributed by atoms with van der Waals surface area (Å²) in [5.41, 5.74) is 3.03. The van der Waals surface area contributed by atoms with Gasteiger partial charge in [0, 0.05) is 13.5 Å². The normalized spacial score (nSPS) is 12.3. The van der Waals surface area contributed by atoms with Crippen LogP contribution in [0.3, 0.4) is 0 Å². The molecule has 32 heavy (non-hydrogen) atoms. The van der Waals surface area contributed by atoms with Gasteiger partial charge in [-0.3, -0.25) is 0 Å². The lowest BCUT2D eigenvalue weighted by Crippen LogP contribution is -2.18. The molecule has 2 aromatic carbocycles. The van der Waals surface area contributed by atoms with Crippen molar-refractivity contribution in [2.24, 2.45) is 10.2 Å². The maximum atomic E-state index is 5.99. The molecule has 4 nitrogen and oxygen atoms in total. The van der Waals surface area contributed by atoms with Crippen LogP contribution in [0.4, 0.5) is 11.4 Å². The predicted molar refractivity (Wildman–Crippen MR) is 134 cm³/mol. The third-order valence-electron chi connectivity index (χ3n) is 5.70. The first kappa shape index (κ1) is 26.1. The van der Waals surface area contributed by atoms with Gasteiger partial charge in [-0.2, -0.15) is 10.2 Å². The summed E-state index contributed by atoms with van der Waals surface area (Å²) in [4.78, 5) is 0. The van der Waals surface area contributed by atoms with Crippen LogP contribution in [0.25, 0.3) is 0 Å². The van der Waals surface area contributed by atoms with Crippen molar-refractivity contribution in [1.82, 2.24) is 0 Å². The highest BCUT2D eigenvalue weighted by Gasteiger charge is 2.09. The molecule has 0 fully saturated rings. The average Bonchev–Trinajstić information content (AvgIpc) is 2.83. The Kier molecular flexibility index (Phi) is 13.4. The van der Waals surface area contributed by atoms with Gasteiger partial charge in [-0.25, -0.2) is 0 Å². The lowest BCUT2D eigenvalue weighted by Gasteiger charge is -2.17. The molecule has 0 bridgehead atoms. The molecule has 0 aliphatic heterocycles. The molecule has 1 atom stereocenters. The number of ether oxygens (including phenoxy) is 2. The minimum Gasteiger partial charge on any atom is -0.465 e. The second kappa shape index (κ2) is 16.4. The molecular formula is C28H42N2O2. The van der Waals surface area contributed by atoms with Gasteiger partial charge < -0.3 is 9.47 Å². The van der Waals surface area contributed by atoms with E-state index in [9.17, 15) is 0 Å². The fourth-order valence-electron chi connectivity index (χ4n) is 3.64. The van der Waals surface area contributed by atoms with Crippen LogP contribution in [0.2, 0.25) is 0 Å². The average molecular weight is 439 g/mol. The van der Waals surface area contributed by atoms with Crippen LogP contribution in [0.15, 0.2) is 58.8 Å². The summed E-state index contributed by atoms with van der Waals surface area (Å²) in [6, 6.07) is 16.1. The quantitative estimate of drug-likeness (QED) is 0.140. The summed E-state index contributed by atoms with van der Waals surface area (Å²) in [5, 5.41) is 8.69. The number of methoxy groups -OCH3 is 1. The molecule has 0 aliphatic carbocycles. The monoisotopic (exact) mass is 438 g/mol. The van der Waals surface area contributed by atoms with E-state index >= 15 is 0 Å². The molecule has 2 rings (SSSR count). The van der Waals surface area contributed by atoms with Crippen LogP contribution in [-0.2, 0) is 11.2 Å². The molecule has 0 aromatic heterocycles. The van der Waals surface area contributed by atoms with E-state index in [1.54, 1.807) is 7.11 Å². The van der Waals surface area contributed by atoms with E-state index in [1.165, 1.54) is 63.4 Å². The van der Waals surface area contributed by atoms with E-state index in [0.29, 0.717) is 0 Å². The maximum Gasteiger partial charge on any atom is 0.199 e. The Morgan fingerprint density at radius 1 is 0.656 bits per heavy atom. The number of benzene rings is 2. The summed E-state index contributed by atoms with van der Waals surface area (Å²) in [5.74, 6) is 0.802. The Bertz CT molecular complexity index is 741. The van der Waals surface area contributed by atoms with E-state index < -0.39 is 0 Å². The summed E-state index contributed by atoms with van der Waals surface area (Å²) in [6.07, 6.45) is 14.7. The zero-order valence-corrected chi connectivity index (χ0v) is 20.4. The molecule has 1 unspecified atom stereocenters. The predicted octanol–water partition coefficient (Wildman–Crippen LogP) is 9.33. The second-order valence-corrected chi connectivity index (χ2v) is 8.51. The fraction of sp³-hybridized carbons (Fsp3) is 0.571. The zero-order chi connectivity index (χ0) is 22.9. The Hall–Kier alpha value is -2.20. The van der Waals surface area contributed by atoms with E-state index in [2.05, 4.69) is 36.2 Å². The van der Waals surface area contributed by atoms with E-state index in [1.807, 2.05) is 36.4 Å². The number of azo groups is 1. The summed E-state index contributed by atoms with van der Waals surface area (Å²) in [6.45, 7) is 4.47. The van der Waals surface area contributed by atoms with Crippen molar-refractivity contribution >= 4 is 11.4 Å². The van der Waals surface area contributed by atoms with Crippen molar-refractivity contribution in [2.45, 2.75) is 97.2 Å². The Balaban J connectivity index is 1.72. The van der Waals surface area contributed by atoms with Gasteiger partial charge >= 0.3 is 0 Å². The minimum absolute atomic E-state index is 0.200. The van der Waals surface area contributed by atoms with Crippen molar-refractivity contribution in [3.8, 4) is 5.75 Å². The maximum absolute atomic E-state index is 5.99. The largest absolute Gasteiger partial charge is 0.465 e. The van der Waals surface area contributed by atoms with E-state index in [-0.39, 0.29) is 6.29 Å². The molecule has 0 amide bonds. The van der Waals surface area contributed by atoms with Crippen molar-refractivity contribution in [1.29, 1.82) is 0 Å². The Labute approximate surface area is 195 Å². The van der Waals surface area contributed by atoms with Gasteiger partial charge in [-0.05, 0) is 61.2 Å². The Morgan fingerprint density at radius 2 is 1.19 bits per heavy atom. The highest BCUT2D eigenvalue weighted by atomic mass is 16.7. The van der Waals surface area contributed by atoms with Gasteiger partial charge in [0.15, 0.2) is 6.29 Å². The lowest BCUT2D eigenvalue weighted by molar-refractivity contribution is -0.0594. The number of nitrogens with zero attached hydrogens (tertiary/aromatic N) is 2. The zero-order valence-electron chi connectivity index (χ0n) is 20.4. The summed E-state index contributed by atoms with van der Waals surface area (Å²) >= 11 is 0. The Morgan fingerprint density at radius 3 is 1.75 bits per heavy atom. The molecule has 4 heteroatoms. The first-order chi connectivity index (χ1) is 15.7. The summed E-state index contributed by atoms with van der Waals surface area (Å²) < 4.78 is 11.5. The first-order valence-corrected chi connectivity index (χ1v) is 12.5. The van der Waals surface area contributed by atoms with Gasteiger partial charge in [0.1, 0.15) is 5.75 Å². The molecule has 0 spiro atoms. The smallest absolute Gasteiger partial charge is 0.199 e. The molecule has 0 N–H and O–H groups in total. The molecule has 176 valence electrons. The van der Waals surface area contributed by atoms with Crippen LogP contribution < -0.4 is 4.74 Å². The van der Waals surface area contributed by atoms with Gasteiger partial charge in [0.25, 0.3) is 0 Å². The second-order valence-electron chi connectivity index (χ2n) is 8.51. The van der Waals surface area contributed by atoms with Crippen molar-refractivity contribution in [3.63, 3.8) is 0 Å². The topological polar surface area (TPSA) is 43.2 Å². The third kappa shape index (κ3) is 10.9. The number of hydrogen-bond acceptors (Lipinski definition) is 4. The molecule has 0 aliphatic rings. The fourth-order valence-corrected chi connectivity index (χ4v) is 3.64. The number of unbranched alkanes of at least 4 members (excludes halogenated alkanes) is 8. The molecule has 0 saturated carbocycles. The van der Waals surface area contributed by atoms with Crippen LogP contribution >= 0.6 is 0 Å². The van der Waals surface area contributed by atoms with Gasteiger partial charge in [0.05, 0.1) is 11.4 Å². The molecule has 0 saturated heterocycles. The van der Waals surface area contributed by atoms with Crippen LogP contribution in [0, 0.1) is 0 Å². The third-order valence-corrected chi connectivity index (χ3v) is 5.70. The van der Waals surface area contributed by atoms with Crippen molar-refractivity contribution in [3.05, 3.63) is 54.1 Å². The number of hydrogen-bond donors (Lipinski definition) is 0. The molecule has 0 heterocycles. The molecule has 2 aromatic rings. The van der Waals surface area contributed by atoms with E-state index in [0.717, 1.165) is 36.4 Å². The molecular weight excluding hydrogens is 396 g/mol. The first-order valence-electron chi connectivity index (χ1n) is 12.5. The van der Waals surface area contributed by atoms with Gasteiger partial charge in [0.2, 0.25) is 0 Å². The highest BCUT2D eigenvalue weighted by Crippen LogP contribution is 2.23. The molecule has 0 radical (unpaired) electrons. The summed E-state index contributed by atoms with van der Waals surface area (Å²) in [7, 11) is 1.71. The number of aryl methyl sites for hydroxylation is 1. The SMILES string of the molecule is CCCCCCCCCCC(OC)Oc1ccc(N=Nc2ccc(CCCC)cc2)cc1. The van der Waals surface area contributed by atoms with E-state index in [4.69, 9.17) is 9.47 Å². The highest BCUT2D eigenvalue weighted by molar-refractivity contribution is 5.43. The lowest BCUT2D eigenvalue weighted by atomic mass is 10.1. The van der Waals surface area contributed by atoms with Crippen LogP contribution in [0.5, 0.6) is 5.75 Å². The van der Waals surface area contributed by atoms with Crippen LogP contribution in [-0.4, -0.2) is 13.4 Å². The van der Waals surface area contributed by atoms with Gasteiger partial charge in [-0.1, -0.05) is 77.3 Å². The minimum atomic E-state index is -0.200. The number of rotatable bonds is 17. The van der Waals surface area contributed by atoms with Gasteiger partial charge in [-0.15, -0.1) is 0 Å².